The highest BCUT2D eigenvalue weighted by molar-refractivity contribution is 7.89. The van der Waals surface area contributed by atoms with Crippen molar-refractivity contribution in [3.8, 4) is 0 Å². The molecule has 0 atom stereocenters. The summed E-state index contributed by atoms with van der Waals surface area (Å²) >= 11 is 0. The second-order valence-corrected chi connectivity index (χ2v) is 6.45. The molecule has 0 spiro atoms. The van der Waals surface area contributed by atoms with E-state index in [1.807, 2.05) is 0 Å². The zero-order chi connectivity index (χ0) is 14.8. The van der Waals surface area contributed by atoms with Crippen molar-refractivity contribution in [1.29, 1.82) is 0 Å². The average molecular weight is 303 g/mol. The molecule has 1 saturated carbocycles. The number of nitrogens with zero attached hydrogens (tertiary/aromatic N) is 1. The minimum atomic E-state index is -3.91. The maximum atomic E-state index is 12.1. The van der Waals surface area contributed by atoms with Gasteiger partial charge >= 0.3 is 5.97 Å². The molecule has 20 heavy (non-hydrogen) atoms. The molecule has 1 aliphatic rings. The molecule has 1 aliphatic carbocycles. The lowest BCUT2D eigenvalue weighted by atomic mass is 10.4. The van der Waals surface area contributed by atoms with Gasteiger partial charge in [0, 0.05) is 13.2 Å². The van der Waals surface area contributed by atoms with E-state index in [1.54, 1.807) is 0 Å². The number of aromatic amines is 1. The summed E-state index contributed by atoms with van der Waals surface area (Å²) in [5, 5.41) is 14.8. The molecule has 1 aromatic heterocycles. The monoisotopic (exact) mass is 303 g/mol. The third kappa shape index (κ3) is 3.56. The lowest BCUT2D eigenvalue weighted by molar-refractivity contribution is 0.0686. The quantitative estimate of drug-likeness (QED) is 0.586. The summed E-state index contributed by atoms with van der Waals surface area (Å²) in [6.45, 7) is 2.46. The van der Waals surface area contributed by atoms with E-state index in [0.29, 0.717) is 12.5 Å². The third-order valence-corrected chi connectivity index (χ3v) is 4.57. The molecule has 0 amide bonds. The molecule has 9 heteroatoms. The summed E-state index contributed by atoms with van der Waals surface area (Å²) in [6.07, 6.45) is 2.34. The third-order valence-electron chi connectivity index (χ3n) is 2.95. The number of sulfonamides is 1. The molecule has 2 rings (SSSR count). The van der Waals surface area contributed by atoms with Crippen molar-refractivity contribution in [2.45, 2.75) is 24.7 Å². The van der Waals surface area contributed by atoms with Crippen molar-refractivity contribution in [2.75, 3.05) is 19.8 Å². The topological polar surface area (TPSA) is 121 Å². The van der Waals surface area contributed by atoms with Gasteiger partial charge in [-0.05, 0) is 25.7 Å². The summed E-state index contributed by atoms with van der Waals surface area (Å²) in [5.74, 6) is -0.777. The molecule has 0 saturated heterocycles. The van der Waals surface area contributed by atoms with Crippen molar-refractivity contribution >= 4 is 16.0 Å². The Hall–Kier alpha value is -1.45. The number of hydrogen-bond acceptors (Lipinski definition) is 5. The fraction of sp³-hybridized carbons (Fsp3) is 0.636. The summed E-state index contributed by atoms with van der Waals surface area (Å²) in [4.78, 5) is 10.6. The van der Waals surface area contributed by atoms with E-state index in [0.717, 1.165) is 0 Å². The SMILES string of the molecule is Cc1[nH]nc(C(=O)O)c1S(=O)(=O)NCCOCC1CC1. The number of carboxylic acid groups (broad SMARTS) is 1. The first kappa shape index (κ1) is 14.9. The number of nitrogens with one attached hydrogen (secondary N) is 2. The highest BCUT2D eigenvalue weighted by Crippen LogP contribution is 2.28. The second-order valence-electron chi connectivity index (χ2n) is 4.75. The highest BCUT2D eigenvalue weighted by Gasteiger charge is 2.28. The van der Waals surface area contributed by atoms with Crippen LogP contribution in [0.5, 0.6) is 0 Å². The lowest BCUT2D eigenvalue weighted by Crippen LogP contribution is -2.29. The lowest BCUT2D eigenvalue weighted by Gasteiger charge is -2.07. The molecular formula is C11H17N3O5S. The summed E-state index contributed by atoms with van der Waals surface area (Å²) in [5.41, 5.74) is -0.317. The number of carboxylic acids is 1. The van der Waals surface area contributed by atoms with Crippen LogP contribution in [-0.2, 0) is 14.8 Å². The number of carbonyl (C=O) groups is 1. The van der Waals surface area contributed by atoms with Gasteiger partial charge in [-0.1, -0.05) is 0 Å². The van der Waals surface area contributed by atoms with Crippen molar-refractivity contribution in [1.82, 2.24) is 14.9 Å². The van der Waals surface area contributed by atoms with Crippen molar-refractivity contribution in [3.05, 3.63) is 11.4 Å². The van der Waals surface area contributed by atoms with Gasteiger partial charge in [0.25, 0.3) is 0 Å². The van der Waals surface area contributed by atoms with Gasteiger partial charge < -0.3 is 9.84 Å². The molecule has 1 aromatic rings. The van der Waals surface area contributed by atoms with Crippen LogP contribution in [0.2, 0.25) is 0 Å². The average Bonchev–Trinajstić information content (AvgIpc) is 3.09. The first-order valence-electron chi connectivity index (χ1n) is 6.27. The van der Waals surface area contributed by atoms with Crippen LogP contribution in [0.25, 0.3) is 0 Å². The Bertz CT molecular complexity index is 591. The van der Waals surface area contributed by atoms with E-state index in [-0.39, 0.29) is 23.7 Å². The van der Waals surface area contributed by atoms with E-state index in [9.17, 15) is 13.2 Å². The number of hydrogen-bond donors (Lipinski definition) is 3. The smallest absolute Gasteiger partial charge is 0.357 e. The molecule has 0 unspecified atom stereocenters. The first-order valence-corrected chi connectivity index (χ1v) is 7.76. The predicted octanol–water partition coefficient (Wildman–Crippen LogP) is 0.121. The van der Waals surface area contributed by atoms with Crippen molar-refractivity contribution < 1.29 is 23.1 Å². The van der Waals surface area contributed by atoms with Crippen LogP contribution in [0.1, 0.15) is 29.0 Å². The van der Waals surface area contributed by atoms with Gasteiger partial charge in [0.05, 0.1) is 12.3 Å². The molecule has 112 valence electrons. The van der Waals surface area contributed by atoms with Gasteiger partial charge in [-0.15, -0.1) is 0 Å². The Morgan fingerprint density at radius 1 is 1.55 bits per heavy atom. The van der Waals surface area contributed by atoms with Crippen LogP contribution < -0.4 is 4.72 Å². The van der Waals surface area contributed by atoms with Crippen LogP contribution in [0, 0.1) is 12.8 Å². The van der Waals surface area contributed by atoms with Gasteiger partial charge in [0.15, 0.2) is 5.69 Å². The molecule has 8 nitrogen and oxygen atoms in total. The standard InChI is InChI=1S/C11H17N3O5S/c1-7-10(9(11(15)16)14-13-7)20(17,18)12-4-5-19-6-8-2-3-8/h8,12H,2-6H2,1H3,(H,13,14)(H,15,16). The Morgan fingerprint density at radius 3 is 2.85 bits per heavy atom. The van der Waals surface area contributed by atoms with Crippen LogP contribution in [0.4, 0.5) is 0 Å². The van der Waals surface area contributed by atoms with E-state index in [1.165, 1.54) is 19.8 Å². The number of rotatable bonds is 8. The Kier molecular flexibility index (Phi) is 4.41. The van der Waals surface area contributed by atoms with Crippen LogP contribution in [0.15, 0.2) is 4.90 Å². The van der Waals surface area contributed by atoms with Gasteiger partial charge in [-0.3, -0.25) is 5.10 Å². The number of H-pyrrole nitrogens is 1. The summed E-state index contributed by atoms with van der Waals surface area (Å²) in [7, 11) is -3.91. The summed E-state index contributed by atoms with van der Waals surface area (Å²) < 4.78 is 31.7. The van der Waals surface area contributed by atoms with E-state index in [2.05, 4.69) is 14.9 Å². The fourth-order valence-corrected chi connectivity index (χ4v) is 3.08. The maximum absolute atomic E-state index is 12.1. The fourth-order valence-electron chi connectivity index (χ4n) is 1.75. The normalized spacial score (nSPS) is 15.4. The molecule has 0 radical (unpaired) electrons. The highest BCUT2D eigenvalue weighted by atomic mass is 32.2. The number of aryl methyl sites for hydroxylation is 1. The zero-order valence-corrected chi connectivity index (χ0v) is 11.9. The molecule has 1 fully saturated rings. The van der Waals surface area contributed by atoms with Gasteiger partial charge in [-0.2, -0.15) is 5.10 Å². The largest absolute Gasteiger partial charge is 0.476 e. The Morgan fingerprint density at radius 2 is 2.25 bits per heavy atom. The molecule has 3 N–H and O–H groups in total. The Balaban J connectivity index is 1.95. The first-order chi connectivity index (χ1) is 9.42. The molecule has 0 aliphatic heterocycles. The molecule has 0 aromatic carbocycles. The molecule has 1 heterocycles. The number of aromatic nitrogens is 2. The minimum absolute atomic E-state index is 0.0960. The zero-order valence-electron chi connectivity index (χ0n) is 11.0. The second kappa shape index (κ2) is 5.90. The maximum Gasteiger partial charge on any atom is 0.357 e. The summed E-state index contributed by atoms with van der Waals surface area (Å²) in [6, 6.07) is 0. The molecular weight excluding hydrogens is 286 g/mol. The Labute approximate surface area is 116 Å². The van der Waals surface area contributed by atoms with Crippen molar-refractivity contribution in [2.24, 2.45) is 5.92 Å². The van der Waals surface area contributed by atoms with E-state index >= 15 is 0 Å². The van der Waals surface area contributed by atoms with Crippen LogP contribution in [-0.4, -0.2) is 49.4 Å². The van der Waals surface area contributed by atoms with Gasteiger partial charge in [-0.25, -0.2) is 17.9 Å². The van der Waals surface area contributed by atoms with Gasteiger partial charge in [0.2, 0.25) is 10.0 Å². The minimum Gasteiger partial charge on any atom is -0.476 e. The van der Waals surface area contributed by atoms with Crippen molar-refractivity contribution in [3.63, 3.8) is 0 Å². The van der Waals surface area contributed by atoms with E-state index < -0.39 is 21.7 Å². The number of aromatic carboxylic acids is 1. The van der Waals surface area contributed by atoms with Crippen LogP contribution >= 0.6 is 0 Å². The molecule has 0 bridgehead atoms. The predicted molar refractivity (Wildman–Crippen MR) is 69.0 cm³/mol. The number of ether oxygens (including phenoxy) is 1. The van der Waals surface area contributed by atoms with E-state index in [4.69, 9.17) is 9.84 Å². The van der Waals surface area contributed by atoms with Gasteiger partial charge in [0.1, 0.15) is 4.90 Å². The van der Waals surface area contributed by atoms with Crippen LogP contribution in [0.3, 0.4) is 0 Å².